The quantitative estimate of drug-likeness (QED) is 0.755. The molecule has 100 valence electrons. The van der Waals surface area contributed by atoms with Crippen molar-refractivity contribution in [1.82, 2.24) is 9.29 Å². The van der Waals surface area contributed by atoms with E-state index in [1.165, 1.54) is 28.8 Å². The second kappa shape index (κ2) is 4.94. The molecular weight excluding hydrogens is 274 g/mol. The third kappa shape index (κ3) is 2.88. The first kappa shape index (κ1) is 13.4. The van der Waals surface area contributed by atoms with Crippen LogP contribution in [0, 0.1) is 0 Å². The van der Waals surface area contributed by atoms with Crippen molar-refractivity contribution in [2.75, 3.05) is 37.3 Å². The lowest BCUT2D eigenvalue weighted by Gasteiger charge is -2.32. The summed E-state index contributed by atoms with van der Waals surface area (Å²) in [5.74, 6) is 0.00789. The second-order valence-electron chi connectivity index (χ2n) is 4.21. The Hall–Kier alpha value is -0.990. The second-order valence-corrected chi connectivity index (χ2v) is 7.20. The van der Waals surface area contributed by atoms with Crippen LogP contribution < -0.4 is 4.90 Å². The van der Waals surface area contributed by atoms with E-state index in [0.717, 1.165) is 5.13 Å². The Labute approximate surface area is 110 Å². The van der Waals surface area contributed by atoms with Crippen LogP contribution in [0.15, 0.2) is 6.20 Å². The van der Waals surface area contributed by atoms with Gasteiger partial charge in [0.1, 0.15) is 0 Å². The van der Waals surface area contributed by atoms with E-state index in [-0.39, 0.29) is 5.78 Å². The summed E-state index contributed by atoms with van der Waals surface area (Å²) >= 11 is 1.35. The maximum absolute atomic E-state index is 11.4. The predicted molar refractivity (Wildman–Crippen MR) is 70.7 cm³/mol. The molecule has 0 saturated carbocycles. The van der Waals surface area contributed by atoms with E-state index in [4.69, 9.17) is 0 Å². The van der Waals surface area contributed by atoms with Gasteiger partial charge in [-0.05, 0) is 0 Å². The van der Waals surface area contributed by atoms with Crippen molar-refractivity contribution < 1.29 is 13.2 Å². The summed E-state index contributed by atoms with van der Waals surface area (Å²) in [6, 6.07) is 0. The molecule has 6 nitrogen and oxygen atoms in total. The molecule has 0 spiro atoms. The highest BCUT2D eigenvalue weighted by molar-refractivity contribution is 7.88. The fraction of sp³-hybridized carbons (Fsp3) is 0.600. The zero-order valence-corrected chi connectivity index (χ0v) is 11.9. The van der Waals surface area contributed by atoms with E-state index in [1.807, 2.05) is 4.90 Å². The lowest BCUT2D eigenvalue weighted by atomic mass is 10.4. The van der Waals surface area contributed by atoms with Crippen molar-refractivity contribution in [1.29, 1.82) is 0 Å². The van der Waals surface area contributed by atoms with Crippen LogP contribution >= 0.6 is 11.3 Å². The maximum atomic E-state index is 11.4. The zero-order chi connectivity index (χ0) is 13.3. The number of anilines is 1. The number of sulfonamides is 1. The average molecular weight is 289 g/mol. The van der Waals surface area contributed by atoms with Crippen LogP contribution in [0.25, 0.3) is 0 Å². The Morgan fingerprint density at radius 3 is 2.39 bits per heavy atom. The number of hydrogen-bond acceptors (Lipinski definition) is 6. The van der Waals surface area contributed by atoms with Crippen molar-refractivity contribution >= 4 is 32.3 Å². The van der Waals surface area contributed by atoms with E-state index >= 15 is 0 Å². The molecule has 0 aromatic carbocycles. The van der Waals surface area contributed by atoms with Gasteiger partial charge in [0.05, 0.1) is 17.3 Å². The summed E-state index contributed by atoms with van der Waals surface area (Å²) in [5.41, 5.74) is 0. The molecule has 0 unspecified atom stereocenters. The Morgan fingerprint density at radius 1 is 1.33 bits per heavy atom. The minimum atomic E-state index is -3.10. The topological polar surface area (TPSA) is 70.6 Å². The fourth-order valence-corrected chi connectivity index (χ4v) is 3.47. The molecule has 0 atom stereocenters. The molecule has 0 N–H and O–H groups in total. The highest BCUT2D eigenvalue weighted by Crippen LogP contribution is 2.24. The number of aromatic nitrogens is 1. The molecule has 1 aliphatic rings. The number of piperazine rings is 1. The molecule has 0 bridgehead atoms. The number of rotatable bonds is 3. The summed E-state index contributed by atoms with van der Waals surface area (Å²) in [7, 11) is -3.10. The molecule has 2 heterocycles. The lowest BCUT2D eigenvalue weighted by Crippen LogP contribution is -2.48. The summed E-state index contributed by atoms with van der Waals surface area (Å²) in [6.45, 7) is 3.66. The Kier molecular flexibility index (Phi) is 3.69. The molecule has 18 heavy (non-hydrogen) atoms. The summed E-state index contributed by atoms with van der Waals surface area (Å²) in [4.78, 5) is 18.0. The Morgan fingerprint density at radius 2 is 1.94 bits per heavy atom. The molecule has 1 aromatic heterocycles. The highest BCUT2D eigenvalue weighted by Gasteiger charge is 2.24. The van der Waals surface area contributed by atoms with Crippen LogP contribution in [-0.2, 0) is 10.0 Å². The number of hydrogen-bond donors (Lipinski definition) is 0. The first-order valence-electron chi connectivity index (χ1n) is 5.55. The first-order chi connectivity index (χ1) is 8.38. The van der Waals surface area contributed by atoms with E-state index in [9.17, 15) is 13.2 Å². The minimum Gasteiger partial charge on any atom is -0.345 e. The molecular formula is C10H15N3O3S2. The molecule has 8 heteroatoms. The molecule has 2 rings (SSSR count). The Balaban J connectivity index is 2.03. The fourth-order valence-electron chi connectivity index (χ4n) is 1.78. The number of thiazole rings is 1. The van der Waals surface area contributed by atoms with Gasteiger partial charge >= 0.3 is 0 Å². The van der Waals surface area contributed by atoms with Gasteiger partial charge in [0.15, 0.2) is 10.9 Å². The monoisotopic (exact) mass is 289 g/mol. The molecule has 0 amide bonds. The van der Waals surface area contributed by atoms with Crippen LogP contribution in [0.5, 0.6) is 0 Å². The standard InChI is InChI=1S/C10H15N3O3S2/c1-8(14)9-7-11-10(17-9)12-3-5-13(6-4-12)18(2,15)16/h7H,3-6H2,1-2H3. The smallest absolute Gasteiger partial charge is 0.211 e. The molecule has 0 aliphatic carbocycles. The van der Waals surface area contributed by atoms with E-state index in [0.29, 0.717) is 31.1 Å². The van der Waals surface area contributed by atoms with Crippen LogP contribution in [0.3, 0.4) is 0 Å². The normalized spacial score (nSPS) is 18.0. The molecule has 1 aliphatic heterocycles. The molecule has 0 radical (unpaired) electrons. The third-order valence-corrected chi connectivity index (χ3v) is 5.28. The maximum Gasteiger partial charge on any atom is 0.211 e. The number of ketones is 1. The van der Waals surface area contributed by atoms with Gasteiger partial charge in [-0.25, -0.2) is 13.4 Å². The molecule has 1 saturated heterocycles. The van der Waals surface area contributed by atoms with Gasteiger partial charge in [-0.1, -0.05) is 11.3 Å². The zero-order valence-electron chi connectivity index (χ0n) is 10.3. The van der Waals surface area contributed by atoms with E-state index < -0.39 is 10.0 Å². The van der Waals surface area contributed by atoms with Crippen molar-refractivity contribution in [3.63, 3.8) is 0 Å². The van der Waals surface area contributed by atoms with Crippen LogP contribution in [0.1, 0.15) is 16.6 Å². The van der Waals surface area contributed by atoms with Gasteiger partial charge in [-0.2, -0.15) is 4.31 Å². The third-order valence-electron chi connectivity index (χ3n) is 2.82. The lowest BCUT2D eigenvalue weighted by molar-refractivity contribution is 0.102. The van der Waals surface area contributed by atoms with Crippen LogP contribution in [-0.4, -0.2) is 55.9 Å². The van der Waals surface area contributed by atoms with Crippen LogP contribution in [0.2, 0.25) is 0 Å². The number of nitrogens with zero attached hydrogens (tertiary/aromatic N) is 3. The van der Waals surface area contributed by atoms with Crippen molar-refractivity contribution in [3.8, 4) is 0 Å². The summed E-state index contributed by atoms with van der Waals surface area (Å²) < 4.78 is 24.2. The van der Waals surface area contributed by atoms with Crippen molar-refractivity contribution in [2.45, 2.75) is 6.92 Å². The van der Waals surface area contributed by atoms with Gasteiger partial charge in [0.25, 0.3) is 0 Å². The van der Waals surface area contributed by atoms with E-state index in [1.54, 1.807) is 6.20 Å². The SMILES string of the molecule is CC(=O)c1cnc(N2CCN(S(C)(=O)=O)CC2)s1. The van der Waals surface area contributed by atoms with Gasteiger partial charge in [0.2, 0.25) is 10.0 Å². The minimum absolute atomic E-state index is 0.00789. The van der Waals surface area contributed by atoms with E-state index in [2.05, 4.69) is 4.98 Å². The largest absolute Gasteiger partial charge is 0.345 e. The first-order valence-corrected chi connectivity index (χ1v) is 8.21. The Bertz CT molecular complexity index is 544. The van der Waals surface area contributed by atoms with Crippen molar-refractivity contribution in [2.24, 2.45) is 0 Å². The van der Waals surface area contributed by atoms with Gasteiger partial charge in [0, 0.05) is 33.1 Å². The summed E-state index contributed by atoms with van der Waals surface area (Å²) in [6.07, 6.45) is 2.80. The number of Topliss-reactive ketones (excluding diaryl/α,β-unsaturated/α-hetero) is 1. The highest BCUT2D eigenvalue weighted by atomic mass is 32.2. The van der Waals surface area contributed by atoms with Gasteiger partial charge < -0.3 is 4.90 Å². The molecule has 1 aromatic rings. The summed E-state index contributed by atoms with van der Waals surface area (Å²) in [5, 5.41) is 0.786. The number of carbonyl (C=O) groups excluding carboxylic acids is 1. The van der Waals surface area contributed by atoms with Crippen molar-refractivity contribution in [3.05, 3.63) is 11.1 Å². The number of carbonyl (C=O) groups is 1. The van der Waals surface area contributed by atoms with Gasteiger partial charge in [-0.15, -0.1) is 0 Å². The van der Waals surface area contributed by atoms with Gasteiger partial charge in [-0.3, -0.25) is 4.79 Å². The molecule has 1 fully saturated rings. The van der Waals surface area contributed by atoms with Crippen LogP contribution in [0.4, 0.5) is 5.13 Å². The average Bonchev–Trinajstić information content (AvgIpc) is 2.77. The predicted octanol–water partition coefficient (Wildman–Crippen LogP) is 0.427.